The first kappa shape index (κ1) is 8.57. The summed E-state index contributed by atoms with van der Waals surface area (Å²) in [7, 11) is 1.71. The van der Waals surface area contributed by atoms with Crippen molar-refractivity contribution >= 4 is 0 Å². The quantitative estimate of drug-likeness (QED) is 0.762. The normalized spacial score (nSPS) is 19.1. The number of hydrogen-bond acceptors (Lipinski definition) is 2. The van der Waals surface area contributed by atoms with E-state index in [9.17, 15) is 0 Å². The molecular formula is C11H15NO. The summed E-state index contributed by atoms with van der Waals surface area (Å²) >= 11 is 0. The molecule has 0 aliphatic heterocycles. The molecule has 1 aliphatic carbocycles. The summed E-state index contributed by atoms with van der Waals surface area (Å²) in [5.41, 5.74) is 8.43. The monoisotopic (exact) mass is 177 g/mol. The molecular weight excluding hydrogens is 162 g/mol. The molecule has 0 aromatic heterocycles. The average Bonchev–Trinajstić information content (AvgIpc) is 2.14. The van der Waals surface area contributed by atoms with Gasteiger partial charge in [0.25, 0.3) is 0 Å². The summed E-state index contributed by atoms with van der Waals surface area (Å²) in [4.78, 5) is 0. The molecule has 2 heteroatoms. The van der Waals surface area contributed by atoms with Crippen molar-refractivity contribution in [2.45, 2.75) is 18.8 Å². The van der Waals surface area contributed by atoms with Gasteiger partial charge in [0.1, 0.15) is 5.75 Å². The molecule has 1 aromatic rings. The van der Waals surface area contributed by atoms with Gasteiger partial charge in [-0.2, -0.15) is 0 Å². The molecule has 0 amide bonds. The number of methoxy groups -OCH3 is 1. The predicted octanol–water partition coefficient (Wildman–Crippen LogP) is 1.68. The van der Waals surface area contributed by atoms with Crippen molar-refractivity contribution in [3.05, 3.63) is 29.3 Å². The van der Waals surface area contributed by atoms with Crippen LogP contribution in [0.3, 0.4) is 0 Å². The zero-order chi connectivity index (χ0) is 9.26. The second kappa shape index (κ2) is 3.38. The predicted molar refractivity (Wildman–Crippen MR) is 53.1 cm³/mol. The van der Waals surface area contributed by atoms with Gasteiger partial charge in [0.2, 0.25) is 0 Å². The average molecular weight is 177 g/mol. The van der Waals surface area contributed by atoms with Crippen LogP contribution < -0.4 is 10.5 Å². The van der Waals surface area contributed by atoms with Crippen molar-refractivity contribution < 1.29 is 4.74 Å². The fraction of sp³-hybridized carbons (Fsp3) is 0.455. The maximum absolute atomic E-state index is 5.54. The van der Waals surface area contributed by atoms with E-state index in [-0.39, 0.29) is 0 Å². The number of benzene rings is 1. The number of rotatable bonds is 3. The van der Waals surface area contributed by atoms with E-state index >= 15 is 0 Å². The Morgan fingerprint density at radius 2 is 2.38 bits per heavy atom. The molecule has 70 valence electrons. The maximum atomic E-state index is 5.54. The SMILES string of the molecule is COc1ccc2c(c1)C(CCN)C2. The van der Waals surface area contributed by atoms with Crippen LogP contribution in [0.2, 0.25) is 0 Å². The molecule has 1 aliphatic rings. The lowest BCUT2D eigenvalue weighted by atomic mass is 9.76. The van der Waals surface area contributed by atoms with Gasteiger partial charge in [0, 0.05) is 0 Å². The van der Waals surface area contributed by atoms with E-state index in [0.29, 0.717) is 5.92 Å². The molecule has 0 saturated carbocycles. The molecule has 0 fully saturated rings. The Morgan fingerprint density at radius 1 is 1.54 bits per heavy atom. The first-order valence-electron chi connectivity index (χ1n) is 4.72. The molecule has 2 nitrogen and oxygen atoms in total. The van der Waals surface area contributed by atoms with Gasteiger partial charge in [-0.3, -0.25) is 0 Å². The van der Waals surface area contributed by atoms with Crippen molar-refractivity contribution in [2.75, 3.05) is 13.7 Å². The molecule has 1 atom stereocenters. The second-order valence-corrected chi connectivity index (χ2v) is 3.54. The van der Waals surface area contributed by atoms with Crippen LogP contribution in [0.4, 0.5) is 0 Å². The fourth-order valence-electron chi connectivity index (χ4n) is 1.97. The van der Waals surface area contributed by atoms with E-state index in [1.807, 2.05) is 6.07 Å². The van der Waals surface area contributed by atoms with Crippen molar-refractivity contribution in [1.29, 1.82) is 0 Å². The van der Waals surface area contributed by atoms with Crippen LogP contribution in [-0.2, 0) is 6.42 Å². The minimum Gasteiger partial charge on any atom is -0.497 e. The highest BCUT2D eigenvalue weighted by Crippen LogP contribution is 2.39. The Labute approximate surface area is 78.7 Å². The van der Waals surface area contributed by atoms with Gasteiger partial charge in [-0.1, -0.05) is 6.07 Å². The molecule has 1 unspecified atom stereocenters. The lowest BCUT2D eigenvalue weighted by Gasteiger charge is -2.30. The zero-order valence-electron chi connectivity index (χ0n) is 7.92. The molecule has 2 N–H and O–H groups in total. The molecule has 0 heterocycles. The highest BCUT2D eigenvalue weighted by atomic mass is 16.5. The van der Waals surface area contributed by atoms with Gasteiger partial charge < -0.3 is 10.5 Å². The topological polar surface area (TPSA) is 35.2 Å². The number of hydrogen-bond donors (Lipinski definition) is 1. The molecule has 0 spiro atoms. The lowest BCUT2D eigenvalue weighted by Crippen LogP contribution is -2.20. The third kappa shape index (κ3) is 1.42. The first-order valence-corrected chi connectivity index (χ1v) is 4.72. The summed E-state index contributed by atoms with van der Waals surface area (Å²) < 4.78 is 5.18. The summed E-state index contributed by atoms with van der Waals surface area (Å²) in [6, 6.07) is 6.32. The van der Waals surface area contributed by atoms with E-state index in [1.54, 1.807) is 7.11 Å². The lowest BCUT2D eigenvalue weighted by molar-refractivity contribution is 0.411. The summed E-state index contributed by atoms with van der Waals surface area (Å²) in [6.07, 6.45) is 2.29. The molecule has 1 aromatic carbocycles. The Bertz CT molecular complexity index is 309. The molecule has 0 radical (unpaired) electrons. The number of fused-ring (bicyclic) bond motifs is 1. The molecule has 0 saturated heterocycles. The summed E-state index contributed by atoms with van der Waals surface area (Å²) in [6.45, 7) is 0.779. The van der Waals surface area contributed by atoms with Gasteiger partial charge >= 0.3 is 0 Å². The zero-order valence-corrected chi connectivity index (χ0v) is 7.92. The second-order valence-electron chi connectivity index (χ2n) is 3.54. The van der Waals surface area contributed by atoms with Gasteiger partial charge in [-0.05, 0) is 48.6 Å². The smallest absolute Gasteiger partial charge is 0.119 e. The van der Waals surface area contributed by atoms with Crippen molar-refractivity contribution in [1.82, 2.24) is 0 Å². The minimum atomic E-state index is 0.676. The van der Waals surface area contributed by atoms with E-state index in [1.165, 1.54) is 17.5 Å². The van der Waals surface area contributed by atoms with E-state index in [4.69, 9.17) is 10.5 Å². The Balaban J connectivity index is 2.19. The van der Waals surface area contributed by atoms with Crippen LogP contribution >= 0.6 is 0 Å². The maximum Gasteiger partial charge on any atom is 0.119 e. The Morgan fingerprint density at radius 3 is 3.08 bits per heavy atom. The molecule has 13 heavy (non-hydrogen) atoms. The van der Waals surface area contributed by atoms with Gasteiger partial charge in [0.05, 0.1) is 7.11 Å². The van der Waals surface area contributed by atoms with Crippen molar-refractivity contribution in [3.63, 3.8) is 0 Å². The first-order chi connectivity index (χ1) is 6.35. The Kier molecular flexibility index (Phi) is 2.23. The van der Waals surface area contributed by atoms with Crippen LogP contribution in [0.5, 0.6) is 5.75 Å². The third-order valence-corrected chi connectivity index (χ3v) is 2.77. The van der Waals surface area contributed by atoms with Crippen molar-refractivity contribution in [3.8, 4) is 5.75 Å². The van der Waals surface area contributed by atoms with Crippen LogP contribution in [-0.4, -0.2) is 13.7 Å². The number of nitrogens with two attached hydrogens (primary N) is 1. The van der Waals surface area contributed by atoms with Crippen LogP contribution in [0.15, 0.2) is 18.2 Å². The van der Waals surface area contributed by atoms with Gasteiger partial charge in [-0.25, -0.2) is 0 Å². The molecule has 2 rings (SSSR count). The van der Waals surface area contributed by atoms with Gasteiger partial charge in [-0.15, -0.1) is 0 Å². The summed E-state index contributed by atoms with van der Waals surface area (Å²) in [5, 5.41) is 0. The van der Waals surface area contributed by atoms with E-state index in [2.05, 4.69) is 12.1 Å². The van der Waals surface area contributed by atoms with Crippen LogP contribution in [0, 0.1) is 0 Å². The van der Waals surface area contributed by atoms with Crippen LogP contribution in [0.1, 0.15) is 23.5 Å². The number of ether oxygens (including phenoxy) is 1. The van der Waals surface area contributed by atoms with E-state index < -0.39 is 0 Å². The fourth-order valence-corrected chi connectivity index (χ4v) is 1.97. The Hall–Kier alpha value is -1.02. The highest BCUT2D eigenvalue weighted by Gasteiger charge is 2.25. The molecule has 0 bridgehead atoms. The van der Waals surface area contributed by atoms with Gasteiger partial charge in [0.15, 0.2) is 0 Å². The standard InChI is InChI=1S/C11H15NO/c1-13-10-3-2-8-6-9(4-5-12)11(8)7-10/h2-3,7,9H,4-6,12H2,1H3. The van der Waals surface area contributed by atoms with E-state index in [0.717, 1.165) is 18.7 Å². The van der Waals surface area contributed by atoms with Crippen LogP contribution in [0.25, 0.3) is 0 Å². The highest BCUT2D eigenvalue weighted by molar-refractivity contribution is 5.45. The summed E-state index contributed by atoms with van der Waals surface area (Å²) in [5.74, 6) is 1.63. The largest absolute Gasteiger partial charge is 0.497 e. The van der Waals surface area contributed by atoms with Crippen molar-refractivity contribution in [2.24, 2.45) is 5.73 Å². The third-order valence-electron chi connectivity index (χ3n) is 2.77. The minimum absolute atomic E-state index is 0.676.